The van der Waals surface area contributed by atoms with Crippen molar-refractivity contribution in [1.29, 1.82) is 0 Å². The molecule has 0 N–H and O–H groups in total. The van der Waals surface area contributed by atoms with Gasteiger partial charge in [-0.15, -0.1) is 0 Å². The van der Waals surface area contributed by atoms with Crippen LogP contribution in [0.1, 0.15) is 0 Å². The molecule has 0 saturated carbocycles. The summed E-state index contributed by atoms with van der Waals surface area (Å²) in [6.45, 7) is 0. The predicted octanol–water partition coefficient (Wildman–Crippen LogP) is 16.8. The van der Waals surface area contributed by atoms with Crippen LogP contribution in [0.5, 0.6) is 0 Å². The van der Waals surface area contributed by atoms with Gasteiger partial charge in [0.1, 0.15) is 0 Å². The van der Waals surface area contributed by atoms with Crippen LogP contribution < -0.4 is 0 Å². The van der Waals surface area contributed by atoms with Crippen molar-refractivity contribution in [2.24, 2.45) is 0 Å². The minimum Gasteiger partial charge on any atom is -0.309 e. The number of hydrogen-bond donors (Lipinski definition) is 0. The molecule has 3 aromatic heterocycles. The summed E-state index contributed by atoms with van der Waals surface area (Å²) in [6, 6.07) is 85.3. The lowest BCUT2D eigenvalue weighted by molar-refractivity contribution is 1.08. The number of fused-ring (bicyclic) bond motifs is 13. The van der Waals surface area contributed by atoms with Gasteiger partial charge in [0.15, 0.2) is 17.5 Å². The van der Waals surface area contributed by atoms with Crippen molar-refractivity contribution >= 4 is 97.5 Å². The van der Waals surface area contributed by atoms with E-state index < -0.39 is 0 Å². The van der Waals surface area contributed by atoms with E-state index in [0.717, 1.165) is 60.6 Å². The first kappa shape index (κ1) is 38.6. The molecule has 0 spiro atoms. The Morgan fingerprint density at radius 2 is 0.843 bits per heavy atom. The van der Waals surface area contributed by atoms with Crippen molar-refractivity contribution in [3.05, 3.63) is 237 Å². The van der Waals surface area contributed by atoms with Crippen molar-refractivity contribution in [3.8, 4) is 45.5 Å². The van der Waals surface area contributed by atoms with Crippen LogP contribution in [0.25, 0.3) is 143 Å². The van der Waals surface area contributed by atoms with Crippen molar-refractivity contribution in [2.45, 2.75) is 0 Å². The molecule has 0 fully saturated rings. The summed E-state index contributed by atoms with van der Waals surface area (Å²) >= 11 is 0. The largest absolute Gasteiger partial charge is 0.309 e. The smallest absolute Gasteiger partial charge is 0.164 e. The summed E-state index contributed by atoms with van der Waals surface area (Å²) in [5, 5.41) is 16.5. The molecular weight excluding hydrogens is 851 g/mol. The van der Waals surface area contributed by atoms with Gasteiger partial charge in [-0.2, -0.15) is 0 Å². The van der Waals surface area contributed by atoms with E-state index in [1.807, 2.05) is 18.2 Å². The lowest BCUT2D eigenvalue weighted by Gasteiger charge is -2.16. The van der Waals surface area contributed by atoms with E-state index in [4.69, 9.17) is 15.0 Å². The number of hydrogen-bond acceptors (Lipinski definition) is 3. The third kappa shape index (κ3) is 5.69. The number of benzene rings is 12. The van der Waals surface area contributed by atoms with Crippen molar-refractivity contribution in [2.75, 3.05) is 0 Å². The van der Waals surface area contributed by atoms with Crippen LogP contribution in [-0.4, -0.2) is 24.1 Å². The zero-order valence-corrected chi connectivity index (χ0v) is 37.8. The molecule has 3 heterocycles. The molecule has 0 bridgehead atoms. The Balaban J connectivity index is 1.01. The van der Waals surface area contributed by atoms with Gasteiger partial charge in [-0.1, -0.05) is 188 Å². The maximum atomic E-state index is 5.41. The Morgan fingerprint density at radius 1 is 0.257 bits per heavy atom. The molecule has 70 heavy (non-hydrogen) atoms. The van der Waals surface area contributed by atoms with Crippen LogP contribution >= 0.6 is 0 Å². The fourth-order valence-electron chi connectivity index (χ4n) is 11.4. The monoisotopic (exact) mass is 889 g/mol. The van der Waals surface area contributed by atoms with Crippen LogP contribution in [0, 0.1) is 0 Å². The van der Waals surface area contributed by atoms with E-state index in [1.165, 1.54) is 64.9 Å². The number of para-hydroxylation sites is 1. The fraction of sp³-hybridized carbons (Fsp3) is 0. The van der Waals surface area contributed by atoms with E-state index in [9.17, 15) is 0 Å². The van der Waals surface area contributed by atoms with Gasteiger partial charge in [0.05, 0.1) is 33.4 Å². The lowest BCUT2D eigenvalue weighted by atomic mass is 9.96. The van der Waals surface area contributed by atoms with Crippen molar-refractivity contribution in [3.63, 3.8) is 0 Å². The molecule has 0 aliphatic carbocycles. The Hall–Kier alpha value is -9.45. The number of nitrogens with zero attached hydrogens (tertiary/aromatic N) is 5. The lowest BCUT2D eigenvalue weighted by Crippen LogP contribution is -2.02. The maximum Gasteiger partial charge on any atom is 0.164 e. The predicted molar refractivity (Wildman–Crippen MR) is 292 cm³/mol. The van der Waals surface area contributed by atoms with Crippen molar-refractivity contribution < 1.29 is 0 Å². The SMILES string of the molecule is c1ccc(-c2nc(-c3ccc(-n4c5cc6ccccc6cc5c5c(-n6c7ccccc7c7ccc8ccccc8c76)cccc54)c4ccccc34)nc(-c3cc4ccccc4c4ccccc34)n2)cc1. The summed E-state index contributed by atoms with van der Waals surface area (Å²) in [7, 11) is 0. The van der Waals surface area contributed by atoms with Crippen LogP contribution in [-0.2, 0) is 0 Å². The van der Waals surface area contributed by atoms with Crippen LogP contribution in [0.2, 0.25) is 0 Å². The van der Waals surface area contributed by atoms with Gasteiger partial charge < -0.3 is 9.13 Å². The molecule has 15 rings (SSSR count). The van der Waals surface area contributed by atoms with Gasteiger partial charge in [-0.05, 0) is 91.6 Å². The number of aromatic nitrogens is 5. The Bertz CT molecular complexity index is 4660. The minimum absolute atomic E-state index is 0.623. The van der Waals surface area contributed by atoms with E-state index in [0.29, 0.717) is 17.5 Å². The highest BCUT2D eigenvalue weighted by Gasteiger charge is 2.24. The first-order valence-electron chi connectivity index (χ1n) is 23.9. The second-order valence-electron chi connectivity index (χ2n) is 18.3. The highest BCUT2D eigenvalue weighted by Crippen LogP contribution is 2.45. The average molecular weight is 890 g/mol. The van der Waals surface area contributed by atoms with Gasteiger partial charge in [0, 0.05) is 49.0 Å². The maximum absolute atomic E-state index is 5.41. The molecule has 12 aromatic carbocycles. The fourth-order valence-corrected chi connectivity index (χ4v) is 11.4. The first-order chi connectivity index (χ1) is 34.7. The highest BCUT2D eigenvalue weighted by molar-refractivity contribution is 6.23. The standard InChI is InChI=1S/C65H39N5/c1-2-18-41(19-3-1)63-66-64(68-65(67-63)54-38-44-22-7-8-23-45(44)47-25-10-11-26-48(47)54)53-35-36-57(50-28-13-12-27-49(50)53)69-58-31-16-32-59(61(58)55-37-42-20-4-5-21-43(42)39-60(55)69)70-56-30-15-14-29-51(56)52-34-33-40-17-6-9-24-46(40)62(52)70/h1-39H. The third-order valence-corrected chi connectivity index (χ3v) is 14.5. The second-order valence-corrected chi connectivity index (χ2v) is 18.3. The molecule has 0 aliphatic heterocycles. The molecule has 0 saturated heterocycles. The molecule has 5 nitrogen and oxygen atoms in total. The minimum atomic E-state index is 0.623. The molecule has 0 unspecified atom stereocenters. The molecule has 0 amide bonds. The Labute approximate surface area is 401 Å². The van der Waals surface area contributed by atoms with Gasteiger partial charge in [-0.25, -0.2) is 15.0 Å². The zero-order chi connectivity index (χ0) is 45.9. The van der Waals surface area contributed by atoms with E-state index >= 15 is 0 Å². The summed E-state index contributed by atoms with van der Waals surface area (Å²) in [4.78, 5) is 16.0. The van der Waals surface area contributed by atoms with Gasteiger partial charge in [-0.3, -0.25) is 0 Å². The summed E-state index contributed by atoms with van der Waals surface area (Å²) in [6.07, 6.45) is 0. The van der Waals surface area contributed by atoms with Crippen molar-refractivity contribution in [1.82, 2.24) is 24.1 Å². The Morgan fingerprint density at radius 3 is 1.64 bits per heavy atom. The summed E-state index contributed by atoms with van der Waals surface area (Å²) in [5.41, 5.74) is 9.74. The quantitative estimate of drug-likeness (QED) is 0.162. The molecule has 0 aliphatic rings. The third-order valence-electron chi connectivity index (χ3n) is 14.5. The highest BCUT2D eigenvalue weighted by atomic mass is 15.0. The molecule has 0 atom stereocenters. The van der Waals surface area contributed by atoms with Crippen LogP contribution in [0.15, 0.2) is 237 Å². The van der Waals surface area contributed by atoms with Gasteiger partial charge in [0.2, 0.25) is 0 Å². The Kier molecular flexibility index (Phi) is 8.29. The summed E-state index contributed by atoms with van der Waals surface area (Å²) < 4.78 is 4.99. The molecular formula is C65H39N5. The average Bonchev–Trinajstić information content (AvgIpc) is 3.94. The normalized spacial score (nSPS) is 12.0. The molecule has 324 valence electrons. The molecule has 0 radical (unpaired) electrons. The van der Waals surface area contributed by atoms with Gasteiger partial charge >= 0.3 is 0 Å². The topological polar surface area (TPSA) is 48.5 Å². The molecule has 15 aromatic rings. The van der Waals surface area contributed by atoms with E-state index in [2.05, 4.69) is 228 Å². The number of rotatable bonds is 5. The van der Waals surface area contributed by atoms with Crippen LogP contribution in [0.4, 0.5) is 0 Å². The first-order valence-corrected chi connectivity index (χ1v) is 23.9. The zero-order valence-electron chi connectivity index (χ0n) is 37.8. The van der Waals surface area contributed by atoms with Gasteiger partial charge in [0.25, 0.3) is 0 Å². The molecule has 5 heteroatoms. The second kappa shape index (κ2) is 15.0. The van der Waals surface area contributed by atoms with E-state index in [-0.39, 0.29) is 0 Å². The van der Waals surface area contributed by atoms with Crippen LogP contribution in [0.3, 0.4) is 0 Å². The summed E-state index contributed by atoms with van der Waals surface area (Å²) in [5.74, 6) is 1.89. The van der Waals surface area contributed by atoms with E-state index in [1.54, 1.807) is 0 Å².